The van der Waals surface area contributed by atoms with E-state index in [1.54, 1.807) is 18.2 Å². The minimum absolute atomic E-state index is 0.121. The molecule has 1 aromatic heterocycles. The van der Waals surface area contributed by atoms with Gasteiger partial charge >= 0.3 is 0 Å². The molecule has 0 aliphatic rings. The van der Waals surface area contributed by atoms with Crippen LogP contribution < -0.4 is 4.74 Å². The molecule has 0 fully saturated rings. The zero-order chi connectivity index (χ0) is 14.0. The van der Waals surface area contributed by atoms with E-state index in [0.29, 0.717) is 28.5 Å². The van der Waals surface area contributed by atoms with Crippen LogP contribution in [0.25, 0.3) is 11.1 Å². The first kappa shape index (κ1) is 13.8. The van der Waals surface area contributed by atoms with Crippen molar-refractivity contribution in [3.05, 3.63) is 35.1 Å². The quantitative estimate of drug-likeness (QED) is 0.847. The minimum atomic E-state index is -2.59. The summed E-state index contributed by atoms with van der Waals surface area (Å²) in [4.78, 5) is 0. The van der Waals surface area contributed by atoms with E-state index >= 15 is 0 Å². The Labute approximate surface area is 114 Å². The van der Waals surface area contributed by atoms with Crippen molar-refractivity contribution in [1.29, 1.82) is 0 Å². The fourth-order valence-corrected chi connectivity index (χ4v) is 2.04. The van der Waals surface area contributed by atoms with Gasteiger partial charge in [0.25, 0.3) is 6.43 Å². The lowest BCUT2D eigenvalue weighted by Crippen LogP contribution is -1.99. The van der Waals surface area contributed by atoms with E-state index < -0.39 is 6.43 Å². The highest BCUT2D eigenvalue weighted by molar-refractivity contribution is 6.32. The van der Waals surface area contributed by atoms with Crippen LogP contribution in [0, 0.1) is 0 Å². The molecule has 1 aromatic carbocycles. The number of ether oxygens (including phenoxy) is 1. The van der Waals surface area contributed by atoms with Gasteiger partial charge in [0.15, 0.2) is 0 Å². The molecule has 0 unspecified atom stereocenters. The topological polar surface area (TPSA) is 27.1 Å². The van der Waals surface area contributed by atoms with E-state index in [4.69, 9.17) is 16.3 Å². The molecule has 2 aromatic rings. The number of nitrogens with zero attached hydrogens (tertiary/aromatic N) is 2. The third-order valence-corrected chi connectivity index (χ3v) is 3.05. The maximum atomic E-state index is 13.0. The second-order valence-electron chi connectivity index (χ2n) is 3.95. The van der Waals surface area contributed by atoms with Crippen molar-refractivity contribution in [2.75, 3.05) is 6.61 Å². The summed E-state index contributed by atoms with van der Waals surface area (Å²) in [5, 5.41) is 4.33. The first-order valence-electron chi connectivity index (χ1n) is 5.77. The number of aromatic nitrogens is 2. The van der Waals surface area contributed by atoms with Crippen LogP contribution in [0.5, 0.6) is 5.75 Å². The van der Waals surface area contributed by atoms with Crippen molar-refractivity contribution < 1.29 is 13.5 Å². The van der Waals surface area contributed by atoms with Crippen LogP contribution in [0.2, 0.25) is 5.02 Å². The largest absolute Gasteiger partial charge is 0.492 e. The maximum absolute atomic E-state index is 13.0. The van der Waals surface area contributed by atoms with Gasteiger partial charge in [-0.3, -0.25) is 4.68 Å². The number of rotatable bonds is 4. The molecule has 2 rings (SSSR count). The zero-order valence-electron chi connectivity index (χ0n) is 10.5. The number of hydrogen-bond acceptors (Lipinski definition) is 2. The van der Waals surface area contributed by atoms with E-state index in [9.17, 15) is 8.78 Å². The fraction of sp³-hybridized carbons (Fsp3) is 0.308. The fourth-order valence-electron chi connectivity index (χ4n) is 1.87. The van der Waals surface area contributed by atoms with Crippen molar-refractivity contribution in [3.8, 4) is 16.9 Å². The van der Waals surface area contributed by atoms with Crippen molar-refractivity contribution in [2.24, 2.45) is 7.05 Å². The van der Waals surface area contributed by atoms with Gasteiger partial charge in [-0.2, -0.15) is 5.10 Å². The third kappa shape index (κ3) is 2.71. The molecule has 6 heteroatoms. The number of hydrogen-bond donors (Lipinski definition) is 0. The summed E-state index contributed by atoms with van der Waals surface area (Å²) >= 11 is 5.98. The van der Waals surface area contributed by atoms with E-state index in [1.165, 1.54) is 17.9 Å². The highest BCUT2D eigenvalue weighted by Gasteiger charge is 2.20. The summed E-state index contributed by atoms with van der Waals surface area (Å²) < 4.78 is 32.6. The van der Waals surface area contributed by atoms with E-state index in [-0.39, 0.29) is 5.69 Å². The van der Waals surface area contributed by atoms with Crippen LogP contribution in [0.3, 0.4) is 0 Å². The van der Waals surface area contributed by atoms with Crippen molar-refractivity contribution in [3.63, 3.8) is 0 Å². The second kappa shape index (κ2) is 5.57. The standard InChI is InChI=1S/C13H13ClF2N2O/c1-3-19-11-6-8(4-5-10(11)14)9-7-17-18(2)12(9)13(15)16/h4-7,13H,3H2,1-2H3. The summed E-state index contributed by atoms with van der Waals surface area (Å²) in [5.74, 6) is 0.478. The number of alkyl halides is 2. The normalized spacial score (nSPS) is 11.1. The van der Waals surface area contributed by atoms with Crippen LogP contribution in [0.15, 0.2) is 24.4 Å². The average molecular weight is 287 g/mol. The van der Waals surface area contributed by atoms with Crippen LogP contribution >= 0.6 is 11.6 Å². The number of benzene rings is 1. The predicted molar refractivity (Wildman–Crippen MR) is 69.8 cm³/mol. The Morgan fingerprint density at radius 1 is 1.42 bits per heavy atom. The average Bonchev–Trinajstić information content (AvgIpc) is 2.74. The van der Waals surface area contributed by atoms with Gasteiger partial charge in [0.1, 0.15) is 11.4 Å². The number of aryl methyl sites for hydroxylation is 1. The Balaban J connectivity index is 2.50. The highest BCUT2D eigenvalue weighted by Crippen LogP contribution is 2.35. The summed E-state index contributed by atoms with van der Waals surface area (Å²) in [5.41, 5.74) is 0.871. The van der Waals surface area contributed by atoms with Crippen LogP contribution in [0.4, 0.5) is 8.78 Å². The van der Waals surface area contributed by atoms with Gasteiger partial charge in [0.2, 0.25) is 0 Å². The van der Waals surface area contributed by atoms with Crippen LogP contribution in [-0.4, -0.2) is 16.4 Å². The van der Waals surface area contributed by atoms with E-state index in [2.05, 4.69) is 5.10 Å². The molecule has 0 radical (unpaired) electrons. The Morgan fingerprint density at radius 3 is 2.79 bits per heavy atom. The van der Waals surface area contributed by atoms with Gasteiger partial charge in [-0.05, 0) is 24.6 Å². The Morgan fingerprint density at radius 2 is 2.16 bits per heavy atom. The molecule has 0 saturated carbocycles. The van der Waals surface area contributed by atoms with Gasteiger partial charge in [0, 0.05) is 12.6 Å². The summed E-state index contributed by atoms with van der Waals surface area (Å²) in [6, 6.07) is 4.95. The SMILES string of the molecule is CCOc1cc(-c2cnn(C)c2C(F)F)ccc1Cl. The van der Waals surface area contributed by atoms with Gasteiger partial charge in [-0.1, -0.05) is 17.7 Å². The maximum Gasteiger partial charge on any atom is 0.280 e. The minimum Gasteiger partial charge on any atom is -0.492 e. The smallest absolute Gasteiger partial charge is 0.280 e. The summed E-state index contributed by atoms with van der Waals surface area (Å²) in [7, 11) is 1.49. The summed E-state index contributed by atoms with van der Waals surface area (Å²) in [6.07, 6.45) is -1.17. The molecule has 0 spiro atoms. The van der Waals surface area contributed by atoms with Gasteiger partial charge < -0.3 is 4.74 Å². The first-order valence-corrected chi connectivity index (χ1v) is 6.15. The van der Waals surface area contributed by atoms with E-state index in [1.807, 2.05) is 6.92 Å². The van der Waals surface area contributed by atoms with Gasteiger partial charge in [0.05, 0.1) is 17.8 Å². The van der Waals surface area contributed by atoms with Crippen molar-refractivity contribution in [2.45, 2.75) is 13.3 Å². The van der Waals surface area contributed by atoms with Crippen LogP contribution in [0.1, 0.15) is 19.0 Å². The van der Waals surface area contributed by atoms with Crippen LogP contribution in [-0.2, 0) is 7.05 Å². The number of halogens is 3. The molecule has 0 aliphatic carbocycles. The highest BCUT2D eigenvalue weighted by atomic mass is 35.5. The lowest BCUT2D eigenvalue weighted by Gasteiger charge is -2.09. The van der Waals surface area contributed by atoms with Crippen molar-refractivity contribution >= 4 is 11.6 Å². The summed E-state index contributed by atoms with van der Waals surface area (Å²) in [6.45, 7) is 2.29. The molecular weight excluding hydrogens is 274 g/mol. The monoisotopic (exact) mass is 286 g/mol. The Hall–Kier alpha value is -1.62. The molecule has 0 saturated heterocycles. The Kier molecular flexibility index (Phi) is 4.04. The lowest BCUT2D eigenvalue weighted by atomic mass is 10.1. The van der Waals surface area contributed by atoms with E-state index in [0.717, 1.165) is 0 Å². The predicted octanol–water partition coefficient (Wildman–Crippen LogP) is 4.08. The first-order chi connectivity index (χ1) is 9.04. The molecule has 0 atom stereocenters. The van der Waals surface area contributed by atoms with Crippen molar-refractivity contribution in [1.82, 2.24) is 9.78 Å². The van der Waals surface area contributed by atoms with Gasteiger partial charge in [-0.25, -0.2) is 8.78 Å². The molecule has 102 valence electrons. The second-order valence-corrected chi connectivity index (χ2v) is 4.35. The molecule has 19 heavy (non-hydrogen) atoms. The molecule has 1 heterocycles. The molecule has 3 nitrogen and oxygen atoms in total. The molecule has 0 amide bonds. The molecule has 0 aliphatic heterocycles. The molecule has 0 bridgehead atoms. The zero-order valence-corrected chi connectivity index (χ0v) is 11.3. The van der Waals surface area contributed by atoms with Gasteiger partial charge in [-0.15, -0.1) is 0 Å². The molecule has 0 N–H and O–H groups in total. The molecular formula is C13H13ClF2N2O. The third-order valence-electron chi connectivity index (χ3n) is 2.73. The Bertz CT molecular complexity index is 584. The lowest BCUT2D eigenvalue weighted by molar-refractivity contribution is 0.141.